The second kappa shape index (κ2) is 6.34. The Hall–Kier alpha value is -1.51. The monoisotopic (exact) mass is 382 g/mol. The van der Waals surface area contributed by atoms with Crippen molar-refractivity contribution in [1.29, 1.82) is 0 Å². The van der Waals surface area contributed by atoms with Crippen LogP contribution in [0, 0.1) is 5.92 Å². The molecular formula is C17H22N2O4S2. The highest BCUT2D eigenvalue weighted by atomic mass is 32.2. The maximum atomic E-state index is 12.9. The van der Waals surface area contributed by atoms with Gasteiger partial charge in [-0.1, -0.05) is 20.8 Å². The van der Waals surface area contributed by atoms with Gasteiger partial charge in [-0.15, -0.1) is 11.3 Å². The van der Waals surface area contributed by atoms with Gasteiger partial charge in [-0.05, 0) is 31.0 Å². The first-order chi connectivity index (χ1) is 11.6. The lowest BCUT2D eigenvalue weighted by Gasteiger charge is -2.29. The molecule has 0 amide bonds. The predicted octanol–water partition coefficient (Wildman–Crippen LogP) is 3.08. The lowest BCUT2D eigenvalue weighted by atomic mass is 9.98. The van der Waals surface area contributed by atoms with E-state index in [2.05, 4.69) is 25.8 Å². The van der Waals surface area contributed by atoms with Crippen molar-refractivity contribution < 1.29 is 18.3 Å². The number of carbonyl (C=O) groups is 1. The van der Waals surface area contributed by atoms with E-state index in [9.17, 15) is 18.3 Å². The summed E-state index contributed by atoms with van der Waals surface area (Å²) in [5, 5.41) is 10.1. The zero-order valence-corrected chi connectivity index (χ0v) is 16.2. The summed E-state index contributed by atoms with van der Waals surface area (Å²) in [6.45, 7) is 6.61. The number of carboxylic acid groups (broad SMARTS) is 1. The smallest absolute Gasteiger partial charge is 0.307 e. The van der Waals surface area contributed by atoms with Gasteiger partial charge in [0.05, 0.1) is 26.0 Å². The van der Waals surface area contributed by atoms with E-state index in [1.165, 1.54) is 15.6 Å². The highest BCUT2D eigenvalue weighted by Gasteiger charge is 2.33. The summed E-state index contributed by atoms with van der Waals surface area (Å²) >= 11 is 1.50. The van der Waals surface area contributed by atoms with Crippen molar-refractivity contribution in [2.24, 2.45) is 5.92 Å². The van der Waals surface area contributed by atoms with Crippen molar-refractivity contribution in [3.63, 3.8) is 0 Å². The molecule has 25 heavy (non-hydrogen) atoms. The molecule has 2 aromatic rings. The first kappa shape index (κ1) is 18.3. The van der Waals surface area contributed by atoms with Gasteiger partial charge < -0.3 is 5.11 Å². The molecule has 1 aliphatic rings. The van der Waals surface area contributed by atoms with Gasteiger partial charge in [0.15, 0.2) is 0 Å². The fourth-order valence-electron chi connectivity index (χ4n) is 2.90. The summed E-state index contributed by atoms with van der Waals surface area (Å²) in [7, 11) is -3.70. The highest BCUT2D eigenvalue weighted by Crippen LogP contribution is 2.33. The van der Waals surface area contributed by atoms with Crippen LogP contribution in [0.4, 0.5) is 0 Å². The van der Waals surface area contributed by atoms with Crippen LogP contribution in [0.2, 0.25) is 0 Å². The third-order valence-corrected chi connectivity index (χ3v) is 7.68. The van der Waals surface area contributed by atoms with Gasteiger partial charge in [-0.2, -0.15) is 4.31 Å². The number of sulfonamides is 1. The second-order valence-corrected chi connectivity index (χ2v) is 10.4. The minimum Gasteiger partial charge on any atom is -0.481 e. The molecule has 0 spiro atoms. The molecule has 136 valence electrons. The first-order valence-corrected chi connectivity index (χ1v) is 10.5. The molecule has 8 heteroatoms. The molecule has 1 fully saturated rings. The maximum Gasteiger partial charge on any atom is 0.307 e. The summed E-state index contributed by atoms with van der Waals surface area (Å²) in [5.41, 5.74) is 0.695. The molecule has 0 saturated carbocycles. The van der Waals surface area contributed by atoms with E-state index < -0.39 is 21.9 Å². The van der Waals surface area contributed by atoms with Gasteiger partial charge in [-0.25, -0.2) is 13.4 Å². The fraction of sp³-hybridized carbons (Fsp3) is 0.529. The zero-order chi connectivity index (χ0) is 18.4. The number of rotatable bonds is 3. The number of carboxylic acids is 1. The lowest BCUT2D eigenvalue weighted by molar-refractivity contribution is -0.142. The number of nitrogens with zero attached hydrogens (tertiary/aromatic N) is 2. The number of aliphatic carboxylic acids is 1. The Labute approximate surface area is 151 Å². The van der Waals surface area contributed by atoms with Crippen molar-refractivity contribution in [2.75, 3.05) is 13.1 Å². The van der Waals surface area contributed by atoms with Gasteiger partial charge in [0.25, 0.3) is 0 Å². The number of hydrogen-bond acceptors (Lipinski definition) is 5. The number of benzene rings is 1. The summed E-state index contributed by atoms with van der Waals surface area (Å²) in [5.74, 6) is -1.57. The third-order valence-electron chi connectivity index (χ3n) is 4.37. The second-order valence-electron chi connectivity index (χ2n) is 7.44. The number of aromatic nitrogens is 1. The molecule has 1 aliphatic heterocycles. The fourth-order valence-corrected chi connectivity index (χ4v) is 5.59. The van der Waals surface area contributed by atoms with E-state index in [1.807, 2.05) is 0 Å². The average Bonchev–Trinajstić information content (AvgIpc) is 2.98. The minimum absolute atomic E-state index is 0.0334. The molecule has 1 N–H and O–H groups in total. The molecule has 0 radical (unpaired) electrons. The Morgan fingerprint density at radius 2 is 2.08 bits per heavy atom. The van der Waals surface area contributed by atoms with Crippen LogP contribution >= 0.6 is 11.3 Å². The maximum absolute atomic E-state index is 12.9. The normalized spacial score (nSPS) is 20.0. The van der Waals surface area contributed by atoms with Gasteiger partial charge in [0.2, 0.25) is 10.0 Å². The van der Waals surface area contributed by atoms with Crippen LogP contribution in [0.25, 0.3) is 10.2 Å². The van der Waals surface area contributed by atoms with Gasteiger partial charge in [-0.3, -0.25) is 4.79 Å². The van der Waals surface area contributed by atoms with Crippen molar-refractivity contribution >= 4 is 37.5 Å². The van der Waals surface area contributed by atoms with Crippen molar-refractivity contribution in [2.45, 2.75) is 43.9 Å². The quantitative estimate of drug-likeness (QED) is 0.881. The Bertz CT molecular complexity index is 912. The highest BCUT2D eigenvalue weighted by molar-refractivity contribution is 7.89. The summed E-state index contributed by atoms with van der Waals surface area (Å²) < 4.78 is 28.0. The molecule has 6 nitrogen and oxygen atoms in total. The van der Waals surface area contributed by atoms with E-state index in [4.69, 9.17) is 0 Å². The largest absolute Gasteiger partial charge is 0.481 e. The number of hydrogen-bond donors (Lipinski definition) is 1. The van der Waals surface area contributed by atoms with E-state index in [-0.39, 0.29) is 16.9 Å². The molecule has 1 unspecified atom stereocenters. The average molecular weight is 383 g/mol. The predicted molar refractivity (Wildman–Crippen MR) is 97.4 cm³/mol. The Morgan fingerprint density at radius 3 is 2.72 bits per heavy atom. The minimum atomic E-state index is -3.70. The van der Waals surface area contributed by atoms with Crippen LogP contribution in [0.3, 0.4) is 0 Å². The SMILES string of the molecule is CC(C)(C)c1nc2ccc(S(=O)(=O)N3CCCC(C(=O)O)C3)cc2s1. The van der Waals surface area contributed by atoms with E-state index in [0.29, 0.717) is 19.4 Å². The molecule has 0 bridgehead atoms. The first-order valence-electron chi connectivity index (χ1n) is 8.23. The number of piperidine rings is 1. The van der Waals surface area contributed by atoms with E-state index in [1.54, 1.807) is 18.2 Å². The topological polar surface area (TPSA) is 87.6 Å². The van der Waals surface area contributed by atoms with E-state index >= 15 is 0 Å². The lowest BCUT2D eigenvalue weighted by Crippen LogP contribution is -2.42. The van der Waals surface area contributed by atoms with Crippen molar-refractivity contribution in [1.82, 2.24) is 9.29 Å². The van der Waals surface area contributed by atoms with Crippen molar-refractivity contribution in [3.05, 3.63) is 23.2 Å². The number of fused-ring (bicyclic) bond motifs is 1. The van der Waals surface area contributed by atoms with Gasteiger partial charge in [0.1, 0.15) is 0 Å². The van der Waals surface area contributed by atoms with Crippen molar-refractivity contribution in [3.8, 4) is 0 Å². The number of thiazole rings is 1. The molecule has 3 rings (SSSR count). The molecule has 0 aliphatic carbocycles. The van der Waals surface area contributed by atoms with Crippen LogP contribution in [0.5, 0.6) is 0 Å². The van der Waals surface area contributed by atoms with Crippen LogP contribution in [0.15, 0.2) is 23.1 Å². The molecule has 1 saturated heterocycles. The molecular weight excluding hydrogens is 360 g/mol. The van der Waals surface area contributed by atoms with E-state index in [0.717, 1.165) is 15.2 Å². The van der Waals surface area contributed by atoms with Gasteiger partial charge >= 0.3 is 5.97 Å². The van der Waals surface area contributed by atoms with Crippen LogP contribution in [-0.2, 0) is 20.2 Å². The summed E-state index contributed by atoms with van der Waals surface area (Å²) in [6, 6.07) is 4.95. The Kier molecular flexibility index (Phi) is 4.63. The van der Waals surface area contributed by atoms with Crippen LogP contribution in [0.1, 0.15) is 38.6 Å². The summed E-state index contributed by atoms with van der Waals surface area (Å²) in [6.07, 6.45) is 1.08. The third kappa shape index (κ3) is 3.56. The molecule has 1 atom stereocenters. The van der Waals surface area contributed by atoms with Crippen LogP contribution in [-0.4, -0.2) is 41.9 Å². The standard InChI is InChI=1S/C17H22N2O4S2/c1-17(2,3)16-18-13-7-6-12(9-14(13)24-16)25(22,23)19-8-4-5-11(10-19)15(20)21/h6-7,9,11H,4-5,8,10H2,1-3H3,(H,20,21). The molecule has 1 aromatic heterocycles. The Morgan fingerprint density at radius 1 is 1.36 bits per heavy atom. The van der Waals surface area contributed by atoms with Crippen LogP contribution < -0.4 is 0 Å². The summed E-state index contributed by atoms with van der Waals surface area (Å²) in [4.78, 5) is 16.0. The zero-order valence-electron chi connectivity index (χ0n) is 14.5. The molecule has 1 aromatic carbocycles. The van der Waals surface area contributed by atoms with Gasteiger partial charge in [0, 0.05) is 18.5 Å². The molecule has 2 heterocycles. The Balaban J connectivity index is 1.95.